The first-order chi connectivity index (χ1) is 10.0. The Balaban J connectivity index is 2.41. The predicted molar refractivity (Wildman–Crippen MR) is 81.6 cm³/mol. The van der Waals surface area contributed by atoms with E-state index in [1.54, 1.807) is 31.5 Å². The molecule has 0 bridgehead atoms. The third kappa shape index (κ3) is 2.10. The molecule has 7 heteroatoms. The average Bonchev–Trinajstić information content (AvgIpc) is 2.97. The Morgan fingerprint density at radius 3 is 2.19 bits per heavy atom. The minimum absolute atomic E-state index is 0.225. The summed E-state index contributed by atoms with van der Waals surface area (Å²) in [5.41, 5.74) is 1.91. The summed E-state index contributed by atoms with van der Waals surface area (Å²) in [7, 11) is 0. The van der Waals surface area contributed by atoms with E-state index in [1.165, 1.54) is 0 Å². The van der Waals surface area contributed by atoms with Crippen molar-refractivity contribution in [1.29, 1.82) is 0 Å². The van der Waals surface area contributed by atoms with Crippen LogP contribution < -0.4 is 0 Å². The first-order valence-corrected chi connectivity index (χ1v) is 7.57. The van der Waals surface area contributed by atoms with Crippen molar-refractivity contribution in [3.63, 3.8) is 0 Å². The molecule has 0 aliphatic rings. The zero-order chi connectivity index (χ0) is 15.1. The minimum Gasteiger partial charge on any atom is -0.477 e. The molecule has 0 aliphatic heterocycles. The number of nitrogens with zero attached hydrogens (tertiary/aromatic N) is 1. The second-order valence-electron chi connectivity index (χ2n) is 4.37. The Morgan fingerprint density at radius 1 is 1.05 bits per heavy atom. The van der Waals surface area contributed by atoms with Gasteiger partial charge in [-0.25, -0.2) is 9.59 Å². The van der Waals surface area contributed by atoms with Crippen molar-refractivity contribution in [1.82, 2.24) is 4.98 Å². The van der Waals surface area contributed by atoms with Crippen LogP contribution in [0.2, 0.25) is 0 Å². The molecule has 0 atom stereocenters. The van der Waals surface area contributed by atoms with Crippen LogP contribution in [-0.2, 0) is 0 Å². The Bertz CT molecular complexity index is 864. The smallest absolute Gasteiger partial charge is 0.346 e. The zero-order valence-corrected chi connectivity index (χ0v) is 12.4. The van der Waals surface area contributed by atoms with Crippen LogP contribution >= 0.6 is 22.7 Å². The molecule has 0 fully saturated rings. The monoisotopic (exact) mass is 319 g/mol. The highest BCUT2D eigenvalue weighted by molar-refractivity contribution is 7.40. The molecule has 0 aliphatic carbocycles. The number of hydrogen-bond acceptors (Lipinski definition) is 5. The van der Waals surface area contributed by atoms with Crippen LogP contribution in [0.15, 0.2) is 24.5 Å². The highest BCUT2D eigenvalue weighted by atomic mass is 32.2. The average molecular weight is 319 g/mol. The van der Waals surface area contributed by atoms with Gasteiger partial charge in [0.15, 0.2) is 0 Å². The first-order valence-electron chi connectivity index (χ1n) is 5.93. The number of aromatic nitrogens is 1. The molecule has 0 unspecified atom stereocenters. The molecule has 3 aromatic rings. The van der Waals surface area contributed by atoms with Gasteiger partial charge in [0.1, 0.15) is 9.75 Å². The number of rotatable bonds is 3. The van der Waals surface area contributed by atoms with Gasteiger partial charge in [-0.15, -0.1) is 22.7 Å². The van der Waals surface area contributed by atoms with E-state index < -0.39 is 11.9 Å². The number of carboxylic acid groups (broad SMARTS) is 2. The van der Waals surface area contributed by atoms with Gasteiger partial charge in [-0.1, -0.05) is 0 Å². The summed E-state index contributed by atoms with van der Waals surface area (Å²) in [6, 6.07) is 3.46. The van der Waals surface area contributed by atoms with Gasteiger partial charge >= 0.3 is 11.9 Å². The summed E-state index contributed by atoms with van der Waals surface area (Å²) in [6.45, 7) is 1.71. The number of aryl methyl sites for hydroxylation is 1. The molecule has 0 radical (unpaired) electrons. The van der Waals surface area contributed by atoms with Gasteiger partial charge in [0.2, 0.25) is 0 Å². The Morgan fingerprint density at radius 2 is 1.62 bits per heavy atom. The molecule has 106 valence electrons. The standard InChI is InChI=1S/C14H9NO4S2/c1-6-8-9(7-2-4-15-5-3-7)11(13(18)19)21-14(8)20-10(6)12(16)17/h2-5H,1H3,(H,16,17)(H,18,19). The van der Waals surface area contributed by atoms with E-state index in [4.69, 9.17) is 0 Å². The van der Waals surface area contributed by atoms with Crippen LogP contribution in [0.4, 0.5) is 0 Å². The summed E-state index contributed by atoms with van der Waals surface area (Å²) >= 11 is 2.23. The van der Waals surface area contributed by atoms with Crippen molar-refractivity contribution in [2.45, 2.75) is 6.92 Å². The van der Waals surface area contributed by atoms with E-state index in [0.717, 1.165) is 28.2 Å². The third-order valence-corrected chi connectivity index (χ3v) is 5.69. The first kappa shape index (κ1) is 13.7. The summed E-state index contributed by atoms with van der Waals surface area (Å²) in [6.07, 6.45) is 3.18. The van der Waals surface area contributed by atoms with Crippen molar-refractivity contribution >= 4 is 44.0 Å². The normalized spacial score (nSPS) is 10.9. The van der Waals surface area contributed by atoms with Crippen LogP contribution in [0.3, 0.4) is 0 Å². The van der Waals surface area contributed by atoms with Crippen LogP contribution in [0.1, 0.15) is 24.9 Å². The van der Waals surface area contributed by atoms with Gasteiger partial charge in [0.25, 0.3) is 0 Å². The number of aromatic carboxylic acids is 2. The van der Waals surface area contributed by atoms with Crippen molar-refractivity contribution in [3.05, 3.63) is 39.8 Å². The van der Waals surface area contributed by atoms with E-state index in [2.05, 4.69) is 4.98 Å². The fourth-order valence-corrected chi connectivity index (χ4v) is 4.76. The molecule has 0 amide bonds. The molecule has 0 aromatic carbocycles. The second kappa shape index (κ2) is 4.94. The SMILES string of the molecule is Cc1c(C(=O)O)sc2sc(C(=O)O)c(-c3ccncc3)c12. The summed E-state index contributed by atoms with van der Waals surface area (Å²) < 4.78 is 0.717. The number of carboxylic acids is 2. The molecular weight excluding hydrogens is 310 g/mol. The minimum atomic E-state index is -1.01. The predicted octanol–water partition coefficient (Wildman–Crippen LogP) is 3.73. The lowest BCUT2D eigenvalue weighted by Crippen LogP contribution is -1.97. The van der Waals surface area contributed by atoms with Crippen LogP contribution in [0.5, 0.6) is 0 Å². The summed E-state index contributed by atoms with van der Waals surface area (Å²) in [4.78, 5) is 27.1. The number of fused-ring (bicyclic) bond motifs is 1. The molecule has 21 heavy (non-hydrogen) atoms. The van der Waals surface area contributed by atoms with E-state index in [9.17, 15) is 19.8 Å². The number of hydrogen-bond donors (Lipinski definition) is 2. The maximum absolute atomic E-state index is 11.5. The van der Waals surface area contributed by atoms with E-state index in [0.29, 0.717) is 20.5 Å². The fourth-order valence-electron chi connectivity index (χ4n) is 2.25. The molecule has 0 spiro atoms. The van der Waals surface area contributed by atoms with Crippen molar-refractivity contribution < 1.29 is 19.8 Å². The molecule has 3 aromatic heterocycles. The highest BCUT2D eigenvalue weighted by Crippen LogP contribution is 2.45. The van der Waals surface area contributed by atoms with Gasteiger partial charge in [0.05, 0.1) is 4.01 Å². The Kier molecular flexibility index (Phi) is 3.23. The molecule has 3 rings (SSSR count). The zero-order valence-electron chi connectivity index (χ0n) is 10.8. The molecule has 3 heterocycles. The number of pyridine rings is 1. The van der Waals surface area contributed by atoms with E-state index in [1.807, 2.05) is 0 Å². The van der Waals surface area contributed by atoms with Gasteiger partial charge in [-0.05, 0) is 30.2 Å². The molecule has 5 nitrogen and oxygen atoms in total. The fraction of sp³-hybridized carbons (Fsp3) is 0.0714. The van der Waals surface area contributed by atoms with Crippen molar-refractivity contribution in [3.8, 4) is 11.1 Å². The van der Waals surface area contributed by atoms with Gasteiger partial charge in [-0.3, -0.25) is 4.98 Å². The molecule has 0 saturated carbocycles. The largest absolute Gasteiger partial charge is 0.477 e. The van der Waals surface area contributed by atoms with Crippen LogP contribution in [-0.4, -0.2) is 27.1 Å². The maximum atomic E-state index is 11.5. The van der Waals surface area contributed by atoms with Crippen LogP contribution in [0.25, 0.3) is 20.5 Å². The van der Waals surface area contributed by atoms with Gasteiger partial charge in [0, 0.05) is 23.3 Å². The third-order valence-electron chi connectivity index (χ3n) is 3.14. The highest BCUT2D eigenvalue weighted by Gasteiger charge is 2.25. The van der Waals surface area contributed by atoms with Crippen molar-refractivity contribution in [2.75, 3.05) is 0 Å². The lowest BCUT2D eigenvalue weighted by molar-refractivity contribution is 0.0691. The second-order valence-corrected chi connectivity index (χ2v) is 6.67. The summed E-state index contributed by atoms with van der Waals surface area (Å²) in [5, 5.41) is 19.3. The van der Waals surface area contributed by atoms with Crippen LogP contribution in [0, 0.1) is 6.92 Å². The topological polar surface area (TPSA) is 87.5 Å². The number of thiophene rings is 2. The Hall–Kier alpha value is -2.25. The molecule has 0 saturated heterocycles. The Labute approximate surface area is 127 Å². The van der Waals surface area contributed by atoms with Gasteiger partial charge in [-0.2, -0.15) is 0 Å². The molecular formula is C14H9NO4S2. The van der Waals surface area contributed by atoms with E-state index >= 15 is 0 Å². The quantitative estimate of drug-likeness (QED) is 0.768. The lowest BCUT2D eigenvalue weighted by Gasteiger charge is -2.02. The maximum Gasteiger partial charge on any atom is 0.346 e. The molecule has 2 N–H and O–H groups in total. The summed E-state index contributed by atoms with van der Waals surface area (Å²) in [5.74, 6) is -2.00. The lowest BCUT2D eigenvalue weighted by atomic mass is 10.0. The van der Waals surface area contributed by atoms with Gasteiger partial charge < -0.3 is 10.2 Å². The number of carbonyl (C=O) groups is 2. The van der Waals surface area contributed by atoms with E-state index in [-0.39, 0.29) is 9.75 Å². The van der Waals surface area contributed by atoms with Crippen molar-refractivity contribution in [2.24, 2.45) is 0 Å².